The predicted molar refractivity (Wildman–Crippen MR) is 73.7 cm³/mol. The molecule has 1 unspecified atom stereocenters. The van der Waals surface area contributed by atoms with Crippen molar-refractivity contribution in [2.45, 2.75) is 53.0 Å². The van der Waals surface area contributed by atoms with E-state index in [1.165, 1.54) is 30.8 Å². The molecule has 2 heteroatoms. The van der Waals surface area contributed by atoms with Gasteiger partial charge in [-0.1, -0.05) is 40.5 Å². The molecule has 0 saturated carbocycles. The molecule has 0 fully saturated rings. The van der Waals surface area contributed by atoms with Gasteiger partial charge in [0.15, 0.2) is 0 Å². The van der Waals surface area contributed by atoms with Crippen molar-refractivity contribution < 1.29 is 0 Å². The third-order valence-electron chi connectivity index (χ3n) is 2.51. The number of nitrogens with one attached hydrogen (secondary N) is 1. The van der Waals surface area contributed by atoms with Crippen molar-refractivity contribution in [2.24, 2.45) is 11.8 Å². The summed E-state index contributed by atoms with van der Waals surface area (Å²) in [5, 5.41) is 3.43. The maximum absolute atomic E-state index is 3.43. The van der Waals surface area contributed by atoms with Gasteiger partial charge in [-0.15, -0.1) is 0 Å². The van der Waals surface area contributed by atoms with E-state index in [0.717, 1.165) is 11.8 Å². The Morgan fingerprint density at radius 3 is 2.07 bits per heavy atom. The Balaban J connectivity index is 3.46. The van der Waals surface area contributed by atoms with Crippen LogP contribution in [0.15, 0.2) is 0 Å². The van der Waals surface area contributed by atoms with Crippen molar-refractivity contribution >= 4 is 11.8 Å². The highest BCUT2D eigenvalue weighted by molar-refractivity contribution is 7.99. The first kappa shape index (κ1) is 15.3. The summed E-state index contributed by atoms with van der Waals surface area (Å²) in [6.07, 6.45) is 4.07. The molecule has 0 saturated heterocycles. The van der Waals surface area contributed by atoms with Gasteiger partial charge in [0.2, 0.25) is 0 Å². The van der Waals surface area contributed by atoms with Crippen LogP contribution in [0.5, 0.6) is 0 Å². The second kappa shape index (κ2) is 9.53. The Kier molecular flexibility index (Phi) is 9.73. The Bertz CT molecular complexity index is 120. The average Bonchev–Trinajstić information content (AvgIpc) is 2.14. The average molecular weight is 231 g/mol. The van der Waals surface area contributed by atoms with Crippen LogP contribution in [-0.4, -0.2) is 24.6 Å². The van der Waals surface area contributed by atoms with E-state index in [4.69, 9.17) is 0 Å². The summed E-state index contributed by atoms with van der Waals surface area (Å²) in [5.74, 6) is 4.24. The highest BCUT2D eigenvalue weighted by Crippen LogP contribution is 2.14. The van der Waals surface area contributed by atoms with E-state index < -0.39 is 0 Å². The summed E-state index contributed by atoms with van der Waals surface area (Å²) in [6, 6.07) is 0.715. The van der Waals surface area contributed by atoms with Crippen molar-refractivity contribution in [3.8, 4) is 0 Å². The molecule has 0 aromatic rings. The zero-order valence-electron chi connectivity index (χ0n) is 11.2. The fourth-order valence-electron chi connectivity index (χ4n) is 1.53. The summed E-state index contributed by atoms with van der Waals surface area (Å²) in [5.41, 5.74) is 0. The lowest BCUT2D eigenvalue weighted by Gasteiger charge is -2.16. The lowest BCUT2D eigenvalue weighted by atomic mass is 10.0. The molecule has 92 valence electrons. The molecule has 0 spiro atoms. The molecule has 0 bridgehead atoms. The standard InChI is InChI=1S/C13H29NS/c1-11(2)7-6-8-13(14-5)10-15-9-12(3)4/h11-14H,6-10H2,1-5H3. The fourth-order valence-corrected chi connectivity index (χ4v) is 2.75. The van der Waals surface area contributed by atoms with Gasteiger partial charge < -0.3 is 5.32 Å². The van der Waals surface area contributed by atoms with Gasteiger partial charge in [0.1, 0.15) is 0 Å². The van der Waals surface area contributed by atoms with Crippen LogP contribution in [0.25, 0.3) is 0 Å². The number of hydrogen-bond donors (Lipinski definition) is 1. The fraction of sp³-hybridized carbons (Fsp3) is 1.00. The van der Waals surface area contributed by atoms with Gasteiger partial charge in [0.05, 0.1) is 0 Å². The van der Waals surface area contributed by atoms with Crippen LogP contribution in [-0.2, 0) is 0 Å². The van der Waals surface area contributed by atoms with E-state index in [9.17, 15) is 0 Å². The molecule has 0 aliphatic rings. The molecular weight excluding hydrogens is 202 g/mol. The molecule has 1 N–H and O–H groups in total. The highest BCUT2D eigenvalue weighted by Gasteiger charge is 2.06. The molecule has 0 aromatic carbocycles. The summed E-state index contributed by atoms with van der Waals surface area (Å²) in [6.45, 7) is 9.20. The van der Waals surface area contributed by atoms with Crippen LogP contribution in [0.3, 0.4) is 0 Å². The summed E-state index contributed by atoms with van der Waals surface area (Å²) < 4.78 is 0. The maximum atomic E-state index is 3.43. The van der Waals surface area contributed by atoms with E-state index in [1.807, 2.05) is 0 Å². The summed E-state index contributed by atoms with van der Waals surface area (Å²) in [7, 11) is 2.09. The zero-order chi connectivity index (χ0) is 11.7. The van der Waals surface area contributed by atoms with Crippen molar-refractivity contribution in [1.82, 2.24) is 5.32 Å². The third-order valence-corrected chi connectivity index (χ3v) is 4.05. The van der Waals surface area contributed by atoms with Crippen LogP contribution >= 0.6 is 11.8 Å². The Hall–Kier alpha value is 0.310. The molecule has 0 radical (unpaired) electrons. The van der Waals surface area contributed by atoms with Crippen molar-refractivity contribution in [2.75, 3.05) is 18.6 Å². The van der Waals surface area contributed by atoms with Gasteiger partial charge in [0.25, 0.3) is 0 Å². The number of rotatable bonds is 9. The molecule has 0 amide bonds. The smallest absolute Gasteiger partial charge is 0.0155 e. The highest BCUT2D eigenvalue weighted by atomic mass is 32.2. The van der Waals surface area contributed by atoms with Crippen LogP contribution < -0.4 is 5.32 Å². The molecular formula is C13H29NS. The zero-order valence-corrected chi connectivity index (χ0v) is 12.0. The van der Waals surface area contributed by atoms with Crippen molar-refractivity contribution in [1.29, 1.82) is 0 Å². The van der Waals surface area contributed by atoms with E-state index >= 15 is 0 Å². The van der Waals surface area contributed by atoms with E-state index in [0.29, 0.717) is 6.04 Å². The SMILES string of the molecule is CNC(CCCC(C)C)CSCC(C)C. The Morgan fingerprint density at radius 2 is 1.60 bits per heavy atom. The minimum atomic E-state index is 0.715. The Morgan fingerprint density at radius 1 is 0.933 bits per heavy atom. The Labute approximate surface area is 101 Å². The van der Waals surface area contributed by atoms with E-state index in [-0.39, 0.29) is 0 Å². The van der Waals surface area contributed by atoms with Crippen LogP contribution in [0, 0.1) is 11.8 Å². The lowest BCUT2D eigenvalue weighted by Crippen LogP contribution is -2.28. The second-order valence-corrected chi connectivity index (χ2v) is 6.32. The molecule has 0 aromatic heterocycles. The van der Waals surface area contributed by atoms with Gasteiger partial charge in [-0.05, 0) is 31.1 Å². The minimum Gasteiger partial charge on any atom is -0.316 e. The van der Waals surface area contributed by atoms with Crippen LogP contribution in [0.2, 0.25) is 0 Å². The minimum absolute atomic E-state index is 0.715. The van der Waals surface area contributed by atoms with E-state index in [2.05, 4.69) is 51.8 Å². The maximum Gasteiger partial charge on any atom is 0.0155 e. The van der Waals surface area contributed by atoms with Gasteiger partial charge in [-0.2, -0.15) is 11.8 Å². The van der Waals surface area contributed by atoms with Gasteiger partial charge >= 0.3 is 0 Å². The molecule has 1 nitrogen and oxygen atoms in total. The molecule has 0 rings (SSSR count). The lowest BCUT2D eigenvalue weighted by molar-refractivity contribution is 0.483. The normalized spacial score (nSPS) is 13.8. The predicted octanol–water partition coefficient (Wildman–Crippen LogP) is 3.79. The summed E-state index contributed by atoms with van der Waals surface area (Å²) in [4.78, 5) is 0. The molecule has 0 heterocycles. The van der Waals surface area contributed by atoms with Crippen LogP contribution in [0.1, 0.15) is 47.0 Å². The first-order chi connectivity index (χ1) is 7.06. The molecule has 0 aliphatic heterocycles. The monoisotopic (exact) mass is 231 g/mol. The quantitative estimate of drug-likeness (QED) is 0.648. The van der Waals surface area contributed by atoms with Gasteiger partial charge in [-0.25, -0.2) is 0 Å². The van der Waals surface area contributed by atoms with Crippen LogP contribution in [0.4, 0.5) is 0 Å². The van der Waals surface area contributed by atoms with Crippen molar-refractivity contribution in [3.63, 3.8) is 0 Å². The molecule has 1 atom stereocenters. The van der Waals surface area contributed by atoms with Gasteiger partial charge in [0, 0.05) is 11.8 Å². The molecule has 0 aliphatic carbocycles. The van der Waals surface area contributed by atoms with Gasteiger partial charge in [-0.3, -0.25) is 0 Å². The topological polar surface area (TPSA) is 12.0 Å². The largest absolute Gasteiger partial charge is 0.316 e. The third kappa shape index (κ3) is 10.6. The second-order valence-electron chi connectivity index (χ2n) is 5.24. The summed E-state index contributed by atoms with van der Waals surface area (Å²) >= 11 is 2.09. The molecule has 15 heavy (non-hydrogen) atoms. The first-order valence-electron chi connectivity index (χ1n) is 6.31. The first-order valence-corrected chi connectivity index (χ1v) is 7.46. The van der Waals surface area contributed by atoms with E-state index in [1.54, 1.807) is 0 Å². The van der Waals surface area contributed by atoms with Crippen molar-refractivity contribution in [3.05, 3.63) is 0 Å². The number of thioether (sulfide) groups is 1. The number of hydrogen-bond acceptors (Lipinski definition) is 2.